The summed E-state index contributed by atoms with van der Waals surface area (Å²) in [6.45, 7) is 0.878. The Hall–Kier alpha value is 0.319. The fraction of sp³-hybridized carbons (Fsp3) is 1.00. The Bertz CT molecular complexity index is 208. The Morgan fingerprint density at radius 1 is 1.40 bits per heavy atom. The molecule has 1 saturated heterocycles. The molecule has 5 nitrogen and oxygen atoms in total. The van der Waals surface area contributed by atoms with Crippen molar-refractivity contribution < 1.29 is 14.7 Å². The molecular weight excluding hydrogens is 261 g/mol. The number of rotatable bonds is 4. The van der Waals surface area contributed by atoms with Crippen molar-refractivity contribution >= 4 is 16.0 Å². The predicted molar refractivity (Wildman–Crippen MR) is 60.5 cm³/mol. The van der Waals surface area contributed by atoms with Gasteiger partial charge in [-0.1, -0.05) is 0 Å². The monoisotopic (exact) mass is 284 g/mol. The molecule has 0 aromatic rings. The van der Waals surface area contributed by atoms with Gasteiger partial charge in [0.15, 0.2) is 0 Å². The third-order valence-corrected chi connectivity index (χ3v) is 3.51. The summed E-state index contributed by atoms with van der Waals surface area (Å²) in [6, 6.07) is 0.143. The van der Waals surface area contributed by atoms with Crippen LogP contribution in [0, 0.1) is 0 Å². The minimum absolute atomic E-state index is 0.165. The number of hydrogen-bond donors (Lipinski definition) is 4. The summed E-state index contributed by atoms with van der Waals surface area (Å²) in [5, 5.41) is 25.6. The molecule has 3 unspecified atom stereocenters. The molecule has 1 heterocycles. The Kier molecular flexibility index (Phi) is 4.55. The third-order valence-electron chi connectivity index (χ3n) is 2.82. The second-order valence-electron chi connectivity index (χ2n) is 5.01. The molecule has 0 aliphatic carbocycles. The molecule has 3 atom stereocenters. The number of nitrogens with one attached hydrogen (secondary N) is 2. The molecule has 1 aliphatic heterocycles. The van der Waals surface area contributed by atoms with Crippen molar-refractivity contribution in [3.05, 3.63) is 0 Å². The molecule has 0 saturated carbocycles. The predicted octanol–water partition coefficient (Wildman–Crippen LogP) is -2.49. The van der Waals surface area contributed by atoms with Crippen molar-refractivity contribution in [1.82, 2.24) is 10.6 Å². The van der Waals surface area contributed by atoms with E-state index >= 15 is 0 Å². The molecule has 0 aromatic carbocycles. The number of quaternary nitrogens is 1. The van der Waals surface area contributed by atoms with Crippen LogP contribution in [0.15, 0.2) is 0 Å². The molecule has 0 radical (unpaired) electrons. The maximum atomic E-state index is 9.36. The number of nitrogens with zero attached hydrogens (tertiary/aromatic N) is 1. The van der Waals surface area contributed by atoms with Gasteiger partial charge in [-0.05, 0) is 0 Å². The molecule has 1 rings (SSSR count). The van der Waals surface area contributed by atoms with Gasteiger partial charge in [-0.25, -0.2) is 0 Å². The fourth-order valence-corrected chi connectivity index (χ4v) is 2.54. The van der Waals surface area contributed by atoms with E-state index in [1.807, 2.05) is 21.1 Å². The van der Waals surface area contributed by atoms with Gasteiger partial charge in [0.25, 0.3) is 0 Å². The quantitative estimate of drug-likeness (QED) is 0.262. The zero-order valence-electron chi connectivity index (χ0n) is 9.51. The molecule has 0 amide bonds. The van der Waals surface area contributed by atoms with E-state index in [9.17, 15) is 10.2 Å². The van der Waals surface area contributed by atoms with Crippen LogP contribution in [-0.4, -0.2) is 81.8 Å². The summed E-state index contributed by atoms with van der Waals surface area (Å²) >= 11 is 2.51. The third kappa shape index (κ3) is 4.00. The standard InChI is InChI=1S/C9H21N3O2Se/c1-12(2,3)7(8(13)14)4-6-5-10-9(15)11-6/h6-11,13-14H,4-5H2,1-3H3/p+1. The van der Waals surface area contributed by atoms with Crippen molar-refractivity contribution in [1.29, 1.82) is 0 Å². The van der Waals surface area contributed by atoms with E-state index < -0.39 is 6.29 Å². The van der Waals surface area contributed by atoms with Crippen LogP contribution in [0.3, 0.4) is 0 Å². The number of hydrogen-bond acceptors (Lipinski definition) is 4. The average molecular weight is 283 g/mol. The molecule has 1 aliphatic rings. The first-order valence-electron chi connectivity index (χ1n) is 5.15. The zero-order chi connectivity index (χ0) is 11.6. The molecular formula is C9H22N3O2Se+. The molecule has 15 heavy (non-hydrogen) atoms. The van der Waals surface area contributed by atoms with E-state index in [1.54, 1.807) is 0 Å². The first-order valence-corrected chi connectivity index (χ1v) is 6.24. The second-order valence-corrected chi connectivity index (χ2v) is 6.09. The van der Waals surface area contributed by atoms with Crippen molar-refractivity contribution in [2.24, 2.45) is 0 Å². The summed E-state index contributed by atoms with van der Waals surface area (Å²) in [5.74, 6) is 0. The first-order chi connectivity index (χ1) is 6.80. The summed E-state index contributed by atoms with van der Waals surface area (Å²) in [5.41, 5.74) is 0. The van der Waals surface area contributed by atoms with E-state index in [0.29, 0.717) is 10.5 Å². The van der Waals surface area contributed by atoms with Gasteiger partial charge in [-0.15, -0.1) is 0 Å². The Morgan fingerprint density at radius 3 is 2.33 bits per heavy atom. The van der Waals surface area contributed by atoms with Crippen LogP contribution in [0.5, 0.6) is 0 Å². The molecule has 0 bridgehead atoms. The van der Waals surface area contributed by atoms with Gasteiger partial charge in [0.2, 0.25) is 0 Å². The van der Waals surface area contributed by atoms with Crippen LogP contribution in [-0.2, 0) is 0 Å². The topological polar surface area (TPSA) is 64.5 Å². The molecule has 1 fully saturated rings. The van der Waals surface area contributed by atoms with Crippen molar-refractivity contribution in [3.63, 3.8) is 0 Å². The summed E-state index contributed by atoms with van der Waals surface area (Å²) < 4.78 is 0.555. The van der Waals surface area contributed by atoms with E-state index in [-0.39, 0.29) is 11.1 Å². The first kappa shape index (κ1) is 13.4. The Labute approximate surface area is 99.2 Å². The van der Waals surface area contributed by atoms with Gasteiger partial charge in [0.05, 0.1) is 0 Å². The van der Waals surface area contributed by atoms with Gasteiger partial charge in [0, 0.05) is 0 Å². The molecule has 4 N–H and O–H groups in total. The molecule has 6 heteroatoms. The van der Waals surface area contributed by atoms with Crippen LogP contribution >= 0.6 is 0 Å². The van der Waals surface area contributed by atoms with Crippen molar-refractivity contribution in [2.45, 2.75) is 29.9 Å². The second kappa shape index (κ2) is 5.10. The fourth-order valence-electron chi connectivity index (χ4n) is 1.88. The average Bonchev–Trinajstić information content (AvgIpc) is 2.44. The van der Waals surface area contributed by atoms with E-state index in [4.69, 9.17) is 0 Å². The van der Waals surface area contributed by atoms with Crippen LogP contribution in [0.2, 0.25) is 0 Å². The van der Waals surface area contributed by atoms with Gasteiger partial charge in [-0.3, -0.25) is 0 Å². The van der Waals surface area contributed by atoms with Gasteiger partial charge < -0.3 is 0 Å². The van der Waals surface area contributed by atoms with Gasteiger partial charge >= 0.3 is 98.9 Å². The van der Waals surface area contributed by atoms with Crippen LogP contribution in [0.1, 0.15) is 6.42 Å². The van der Waals surface area contributed by atoms with Gasteiger partial charge in [-0.2, -0.15) is 0 Å². The molecule has 0 aromatic heterocycles. The summed E-state index contributed by atoms with van der Waals surface area (Å²) in [6.07, 6.45) is -0.514. The van der Waals surface area contributed by atoms with Crippen LogP contribution in [0.4, 0.5) is 0 Å². The Morgan fingerprint density at radius 2 is 2.00 bits per heavy atom. The van der Waals surface area contributed by atoms with E-state index in [2.05, 4.69) is 26.6 Å². The molecule has 0 spiro atoms. The minimum atomic E-state index is -1.27. The molecule has 90 valence electrons. The maximum absolute atomic E-state index is 9.36. The van der Waals surface area contributed by atoms with Crippen LogP contribution in [0.25, 0.3) is 0 Å². The van der Waals surface area contributed by atoms with Crippen LogP contribution < -0.4 is 10.6 Å². The SMILES string of the molecule is C[N+](C)(C)C(CC1CNC([SeH])N1)C(O)O. The van der Waals surface area contributed by atoms with Crippen molar-refractivity contribution in [2.75, 3.05) is 27.7 Å². The normalized spacial score (nSPS) is 29.8. The summed E-state index contributed by atoms with van der Waals surface area (Å²) in [7, 11) is 5.93. The van der Waals surface area contributed by atoms with Crippen molar-refractivity contribution in [3.8, 4) is 0 Å². The number of aliphatic hydroxyl groups excluding tert-OH is 1. The van der Waals surface area contributed by atoms with E-state index in [1.165, 1.54) is 0 Å². The number of likely N-dealkylation sites (N-methyl/N-ethyl adjacent to an activating group) is 1. The zero-order valence-corrected chi connectivity index (χ0v) is 11.4. The van der Waals surface area contributed by atoms with E-state index in [0.717, 1.165) is 13.0 Å². The summed E-state index contributed by atoms with van der Waals surface area (Å²) in [4.78, 5) is 0. The Balaban J connectivity index is 2.52. The van der Waals surface area contributed by atoms with Gasteiger partial charge in [0.1, 0.15) is 0 Å². The number of aliphatic hydroxyl groups is 2.